The molecule has 0 fully saturated rings. The first-order valence-corrected chi connectivity index (χ1v) is 10.7. The molecule has 28 heavy (non-hydrogen) atoms. The third-order valence-electron chi connectivity index (χ3n) is 3.53. The summed E-state index contributed by atoms with van der Waals surface area (Å²) in [6.07, 6.45) is 1.05. The van der Waals surface area contributed by atoms with Gasteiger partial charge in [0.15, 0.2) is 0 Å². The van der Waals surface area contributed by atoms with Crippen LogP contribution in [0.2, 0.25) is 0 Å². The van der Waals surface area contributed by atoms with Crippen LogP contribution in [0.25, 0.3) is 0 Å². The molecule has 0 radical (unpaired) electrons. The number of nitrogens with one attached hydrogen (secondary N) is 3. The minimum Gasteiger partial charge on any atom is -0.492 e. The molecule has 0 atom stereocenters. The zero-order chi connectivity index (χ0) is 20.7. The summed E-state index contributed by atoms with van der Waals surface area (Å²) in [5, 5.41) is 5.45. The van der Waals surface area contributed by atoms with Crippen LogP contribution in [0, 0.1) is 6.92 Å². The van der Waals surface area contributed by atoms with Gasteiger partial charge >= 0.3 is 6.03 Å². The topological polar surface area (TPSA) is 106 Å². The number of hydrogen-bond donors (Lipinski definition) is 3. The van der Waals surface area contributed by atoms with Gasteiger partial charge in [-0.1, -0.05) is 17.7 Å². The molecule has 152 valence electrons. The number of sulfonamides is 1. The fourth-order valence-electron chi connectivity index (χ4n) is 2.41. The smallest absolute Gasteiger partial charge is 0.323 e. The van der Waals surface area contributed by atoms with Crippen LogP contribution in [0.5, 0.6) is 11.5 Å². The molecule has 0 aliphatic rings. The summed E-state index contributed by atoms with van der Waals surface area (Å²) in [4.78, 5) is 12.4. The van der Waals surface area contributed by atoms with Crippen LogP contribution in [0.15, 0.2) is 36.4 Å². The van der Waals surface area contributed by atoms with Gasteiger partial charge in [-0.2, -0.15) is 0 Å². The minimum absolute atomic E-state index is 0.234. The lowest BCUT2D eigenvalue weighted by Gasteiger charge is -2.18. The number of carbonyl (C=O) groups is 1. The summed E-state index contributed by atoms with van der Waals surface area (Å²) >= 11 is 0. The molecule has 2 amide bonds. The van der Waals surface area contributed by atoms with E-state index >= 15 is 0 Å². The van der Waals surface area contributed by atoms with E-state index in [0.29, 0.717) is 30.3 Å². The van der Waals surface area contributed by atoms with Crippen molar-refractivity contribution in [1.29, 1.82) is 0 Å². The Kier molecular flexibility index (Phi) is 7.11. The van der Waals surface area contributed by atoms with E-state index in [1.807, 2.05) is 19.1 Å². The van der Waals surface area contributed by atoms with Crippen molar-refractivity contribution in [1.82, 2.24) is 0 Å². The Balaban J connectivity index is 2.31. The summed E-state index contributed by atoms with van der Waals surface area (Å²) in [6.45, 7) is 6.18. The molecule has 0 spiro atoms. The zero-order valence-electron chi connectivity index (χ0n) is 16.3. The van der Waals surface area contributed by atoms with E-state index in [0.717, 1.165) is 11.8 Å². The number of urea groups is 1. The van der Waals surface area contributed by atoms with Gasteiger partial charge in [-0.25, -0.2) is 13.2 Å². The third-order valence-corrected chi connectivity index (χ3v) is 4.13. The minimum atomic E-state index is -3.52. The van der Waals surface area contributed by atoms with Gasteiger partial charge in [0, 0.05) is 17.8 Å². The molecule has 0 unspecified atom stereocenters. The number of carbonyl (C=O) groups excluding carboxylic acids is 1. The highest BCUT2D eigenvalue weighted by atomic mass is 32.2. The van der Waals surface area contributed by atoms with Gasteiger partial charge in [0.05, 0.1) is 30.8 Å². The first kappa shape index (κ1) is 21.4. The highest BCUT2D eigenvalue weighted by Crippen LogP contribution is 2.37. The molecule has 0 heterocycles. The molecule has 3 N–H and O–H groups in total. The average molecular weight is 407 g/mol. The van der Waals surface area contributed by atoms with Crippen LogP contribution in [0.1, 0.15) is 19.4 Å². The van der Waals surface area contributed by atoms with E-state index in [9.17, 15) is 13.2 Å². The Hall–Kier alpha value is -2.94. The van der Waals surface area contributed by atoms with Gasteiger partial charge in [0.2, 0.25) is 10.0 Å². The second-order valence-electron chi connectivity index (χ2n) is 6.03. The molecule has 2 aromatic rings. The van der Waals surface area contributed by atoms with Crippen molar-refractivity contribution in [3.05, 3.63) is 42.0 Å². The highest BCUT2D eigenvalue weighted by Gasteiger charge is 2.16. The van der Waals surface area contributed by atoms with Crippen LogP contribution in [-0.4, -0.2) is 33.9 Å². The largest absolute Gasteiger partial charge is 0.492 e. The van der Waals surface area contributed by atoms with E-state index in [1.165, 1.54) is 12.1 Å². The molecule has 0 aromatic heterocycles. The molecule has 8 nitrogen and oxygen atoms in total. The maximum absolute atomic E-state index is 12.4. The summed E-state index contributed by atoms with van der Waals surface area (Å²) in [5.41, 5.74) is 2.31. The number of benzene rings is 2. The van der Waals surface area contributed by atoms with E-state index in [2.05, 4.69) is 15.4 Å². The van der Waals surface area contributed by atoms with Crippen LogP contribution in [0.4, 0.5) is 21.9 Å². The highest BCUT2D eigenvalue weighted by molar-refractivity contribution is 7.92. The predicted octanol–water partition coefficient (Wildman–Crippen LogP) is 3.81. The summed E-state index contributed by atoms with van der Waals surface area (Å²) < 4.78 is 36.7. The maximum Gasteiger partial charge on any atom is 0.323 e. The molecule has 9 heteroatoms. The van der Waals surface area contributed by atoms with Gasteiger partial charge in [-0.3, -0.25) is 4.72 Å². The Labute approximate surface area is 165 Å². The summed E-state index contributed by atoms with van der Waals surface area (Å²) in [7, 11) is -3.52. The molecule has 0 aliphatic heterocycles. The molecular formula is C19H25N3O5S. The number of aryl methyl sites for hydroxylation is 1. The average Bonchev–Trinajstić information content (AvgIpc) is 2.59. The van der Waals surface area contributed by atoms with Gasteiger partial charge in [0.25, 0.3) is 0 Å². The third kappa shape index (κ3) is 6.34. The SMILES string of the molecule is CCOc1cc(NS(C)(=O)=O)c(OCC)cc1NC(=O)Nc1ccc(C)cc1. The van der Waals surface area contributed by atoms with Crippen molar-refractivity contribution in [3.63, 3.8) is 0 Å². The predicted molar refractivity (Wildman–Crippen MR) is 111 cm³/mol. The lowest BCUT2D eigenvalue weighted by atomic mass is 10.2. The molecule has 2 rings (SSSR count). The molecule has 0 bridgehead atoms. The lowest BCUT2D eigenvalue weighted by Crippen LogP contribution is -2.20. The zero-order valence-corrected chi connectivity index (χ0v) is 17.1. The van der Waals surface area contributed by atoms with E-state index in [-0.39, 0.29) is 11.4 Å². The Bertz CT molecular complexity index is 927. The molecule has 2 aromatic carbocycles. The first-order valence-electron chi connectivity index (χ1n) is 8.78. The quantitative estimate of drug-likeness (QED) is 0.617. The van der Waals surface area contributed by atoms with Crippen LogP contribution in [0.3, 0.4) is 0 Å². The van der Waals surface area contributed by atoms with Crippen molar-refractivity contribution < 1.29 is 22.7 Å². The van der Waals surface area contributed by atoms with E-state index in [4.69, 9.17) is 9.47 Å². The fraction of sp³-hybridized carbons (Fsp3) is 0.316. The second kappa shape index (κ2) is 9.32. The summed E-state index contributed by atoms with van der Waals surface area (Å²) in [6, 6.07) is 9.91. The molecular weight excluding hydrogens is 382 g/mol. The van der Waals surface area contributed by atoms with E-state index < -0.39 is 16.1 Å². The van der Waals surface area contributed by atoms with Crippen molar-refractivity contribution in [2.75, 3.05) is 34.8 Å². The number of hydrogen-bond acceptors (Lipinski definition) is 5. The number of ether oxygens (including phenoxy) is 2. The number of amides is 2. The molecule has 0 saturated heterocycles. The van der Waals surface area contributed by atoms with Gasteiger partial charge < -0.3 is 20.1 Å². The molecule has 0 aliphatic carbocycles. The lowest BCUT2D eigenvalue weighted by molar-refractivity contribution is 0.262. The number of anilines is 3. The van der Waals surface area contributed by atoms with Crippen molar-refractivity contribution >= 4 is 33.1 Å². The van der Waals surface area contributed by atoms with Gasteiger partial charge in [0.1, 0.15) is 11.5 Å². The number of rotatable bonds is 8. The van der Waals surface area contributed by atoms with Crippen molar-refractivity contribution in [2.24, 2.45) is 0 Å². The normalized spacial score (nSPS) is 10.9. The summed E-state index contributed by atoms with van der Waals surface area (Å²) in [5.74, 6) is 0.596. The van der Waals surface area contributed by atoms with E-state index in [1.54, 1.807) is 26.0 Å². The van der Waals surface area contributed by atoms with Gasteiger partial charge in [-0.15, -0.1) is 0 Å². The van der Waals surface area contributed by atoms with Crippen LogP contribution < -0.4 is 24.8 Å². The van der Waals surface area contributed by atoms with Crippen LogP contribution >= 0.6 is 0 Å². The van der Waals surface area contributed by atoms with Crippen molar-refractivity contribution in [2.45, 2.75) is 20.8 Å². The molecule has 0 saturated carbocycles. The van der Waals surface area contributed by atoms with Crippen LogP contribution in [-0.2, 0) is 10.0 Å². The Morgan fingerprint density at radius 2 is 1.46 bits per heavy atom. The standard InChI is InChI=1S/C19H25N3O5S/c1-5-26-17-12-16(22-28(4,24)25)18(27-6-2)11-15(17)21-19(23)20-14-9-7-13(3)8-10-14/h7-12,22H,5-6H2,1-4H3,(H2,20,21,23). The Morgan fingerprint density at radius 3 is 2.00 bits per heavy atom. The second-order valence-corrected chi connectivity index (χ2v) is 7.78. The Morgan fingerprint density at radius 1 is 0.929 bits per heavy atom. The monoisotopic (exact) mass is 407 g/mol. The fourth-order valence-corrected chi connectivity index (χ4v) is 2.97. The maximum atomic E-state index is 12.4. The van der Waals surface area contributed by atoms with Gasteiger partial charge in [-0.05, 0) is 32.9 Å². The van der Waals surface area contributed by atoms with Crippen molar-refractivity contribution in [3.8, 4) is 11.5 Å². The first-order chi connectivity index (χ1) is 13.2.